The molecule has 0 aliphatic heterocycles. The van der Waals surface area contributed by atoms with E-state index in [-0.39, 0.29) is 11.8 Å². The minimum absolute atomic E-state index is 0.0640. The minimum Gasteiger partial charge on any atom is -0.369 e. The number of carbonyl (C=O) groups is 1. The molecular formula is C20H39NO. The predicted octanol–water partition coefficient (Wildman–Crippen LogP) is 6.12. The summed E-state index contributed by atoms with van der Waals surface area (Å²) in [7, 11) is 0. The smallest absolute Gasteiger partial charge is 0.220 e. The van der Waals surface area contributed by atoms with E-state index in [0.29, 0.717) is 0 Å². The summed E-state index contributed by atoms with van der Waals surface area (Å²) in [6.07, 6.45) is 23.8. The summed E-state index contributed by atoms with van der Waals surface area (Å²) < 4.78 is 0. The maximum Gasteiger partial charge on any atom is 0.220 e. The quantitative estimate of drug-likeness (QED) is 0.622. The van der Waals surface area contributed by atoms with Gasteiger partial charge in [0.25, 0.3) is 0 Å². The lowest BCUT2D eigenvalue weighted by atomic mass is 9.93. The molecule has 0 saturated heterocycles. The van der Waals surface area contributed by atoms with Crippen LogP contribution in [0.2, 0.25) is 0 Å². The Balaban J connectivity index is 2.23. The van der Waals surface area contributed by atoms with Gasteiger partial charge in [0.2, 0.25) is 5.91 Å². The first-order valence-electron chi connectivity index (χ1n) is 10.1. The summed E-state index contributed by atoms with van der Waals surface area (Å²) >= 11 is 0. The molecule has 130 valence electrons. The van der Waals surface area contributed by atoms with Gasteiger partial charge in [0.05, 0.1) is 0 Å². The summed E-state index contributed by atoms with van der Waals surface area (Å²) in [5, 5.41) is 0. The molecule has 2 heteroatoms. The topological polar surface area (TPSA) is 43.1 Å². The molecule has 1 aliphatic carbocycles. The maximum atomic E-state index is 11.5. The van der Waals surface area contributed by atoms with Crippen LogP contribution in [0, 0.1) is 5.92 Å². The number of carbonyl (C=O) groups excluding carboxylic acids is 1. The van der Waals surface area contributed by atoms with E-state index in [2.05, 4.69) is 0 Å². The molecule has 2 nitrogen and oxygen atoms in total. The molecule has 1 amide bonds. The fourth-order valence-corrected chi connectivity index (χ4v) is 3.69. The van der Waals surface area contributed by atoms with Gasteiger partial charge in [0.1, 0.15) is 0 Å². The van der Waals surface area contributed by atoms with Crippen molar-refractivity contribution in [3.05, 3.63) is 0 Å². The Hall–Kier alpha value is -0.530. The van der Waals surface area contributed by atoms with Crippen molar-refractivity contribution in [3.63, 3.8) is 0 Å². The first kappa shape index (κ1) is 19.5. The van der Waals surface area contributed by atoms with Gasteiger partial charge in [0.15, 0.2) is 0 Å². The van der Waals surface area contributed by atoms with Gasteiger partial charge in [-0.2, -0.15) is 0 Å². The zero-order valence-corrected chi connectivity index (χ0v) is 14.8. The normalized spacial score (nSPS) is 23.1. The lowest BCUT2D eigenvalue weighted by Gasteiger charge is -2.13. The molecule has 0 aromatic carbocycles. The van der Waals surface area contributed by atoms with Gasteiger partial charge < -0.3 is 5.73 Å². The van der Waals surface area contributed by atoms with E-state index in [1.54, 1.807) is 0 Å². The SMILES string of the molecule is NC(=O)C1CCCCCCCCCCCCCCCCCC1. The second-order valence-corrected chi connectivity index (χ2v) is 7.33. The monoisotopic (exact) mass is 309 g/mol. The fourth-order valence-electron chi connectivity index (χ4n) is 3.69. The standard InChI is InChI=1S/C20H39NO/c21-20(22)19-17-15-13-11-9-7-5-3-1-2-4-6-8-10-12-14-16-18-19/h19H,1-18H2,(H2,21,22). The average Bonchev–Trinajstić information content (AvgIpc) is 2.50. The van der Waals surface area contributed by atoms with Gasteiger partial charge in [0, 0.05) is 5.92 Å². The summed E-state index contributed by atoms with van der Waals surface area (Å²) in [5.41, 5.74) is 5.57. The van der Waals surface area contributed by atoms with Gasteiger partial charge in [-0.3, -0.25) is 4.79 Å². The van der Waals surface area contributed by atoms with Crippen LogP contribution in [0.1, 0.15) is 116 Å². The molecule has 0 aromatic heterocycles. The van der Waals surface area contributed by atoms with E-state index in [1.807, 2.05) is 0 Å². The number of rotatable bonds is 1. The third-order valence-corrected chi connectivity index (χ3v) is 5.26. The number of primary amides is 1. The molecule has 1 saturated carbocycles. The highest BCUT2D eigenvalue weighted by molar-refractivity contribution is 5.76. The van der Waals surface area contributed by atoms with E-state index in [4.69, 9.17) is 5.73 Å². The first-order chi connectivity index (χ1) is 10.8. The van der Waals surface area contributed by atoms with Crippen molar-refractivity contribution in [3.8, 4) is 0 Å². The van der Waals surface area contributed by atoms with E-state index in [0.717, 1.165) is 12.8 Å². The Morgan fingerprint density at radius 1 is 0.500 bits per heavy atom. The van der Waals surface area contributed by atoms with Crippen molar-refractivity contribution in [2.45, 2.75) is 116 Å². The highest BCUT2D eigenvalue weighted by Gasteiger charge is 2.14. The van der Waals surface area contributed by atoms with Gasteiger partial charge in [-0.05, 0) is 12.8 Å². The van der Waals surface area contributed by atoms with Gasteiger partial charge >= 0.3 is 0 Å². The number of nitrogens with two attached hydrogens (primary N) is 1. The summed E-state index contributed by atoms with van der Waals surface area (Å²) in [4.78, 5) is 11.5. The Bertz CT molecular complexity index is 244. The van der Waals surface area contributed by atoms with Crippen molar-refractivity contribution < 1.29 is 4.79 Å². The molecule has 0 aromatic rings. The minimum atomic E-state index is -0.0640. The molecule has 1 aliphatic rings. The molecule has 0 unspecified atom stereocenters. The second-order valence-electron chi connectivity index (χ2n) is 7.33. The lowest BCUT2D eigenvalue weighted by molar-refractivity contribution is -0.122. The second kappa shape index (κ2) is 14.1. The number of amides is 1. The summed E-state index contributed by atoms with van der Waals surface area (Å²) in [6.45, 7) is 0. The molecule has 0 radical (unpaired) electrons. The van der Waals surface area contributed by atoms with Gasteiger partial charge in [-0.1, -0.05) is 103 Å². The highest BCUT2D eigenvalue weighted by atomic mass is 16.1. The molecule has 0 spiro atoms. The first-order valence-corrected chi connectivity index (χ1v) is 10.1. The van der Waals surface area contributed by atoms with Crippen LogP contribution in [0.3, 0.4) is 0 Å². The zero-order valence-electron chi connectivity index (χ0n) is 14.8. The molecular weight excluding hydrogens is 270 g/mol. The molecule has 0 bridgehead atoms. The molecule has 2 N–H and O–H groups in total. The summed E-state index contributed by atoms with van der Waals surface area (Å²) in [6, 6.07) is 0. The van der Waals surface area contributed by atoms with Crippen LogP contribution in [0.5, 0.6) is 0 Å². The Labute approximate surface area is 138 Å². The zero-order chi connectivity index (χ0) is 15.9. The fraction of sp³-hybridized carbons (Fsp3) is 0.950. The van der Waals surface area contributed by atoms with E-state index >= 15 is 0 Å². The molecule has 0 heterocycles. The van der Waals surface area contributed by atoms with E-state index < -0.39 is 0 Å². The van der Waals surface area contributed by atoms with Crippen LogP contribution in [0.4, 0.5) is 0 Å². The molecule has 22 heavy (non-hydrogen) atoms. The third-order valence-electron chi connectivity index (χ3n) is 5.26. The van der Waals surface area contributed by atoms with E-state index in [9.17, 15) is 4.79 Å². The average molecular weight is 310 g/mol. The van der Waals surface area contributed by atoms with Gasteiger partial charge in [-0.15, -0.1) is 0 Å². The Kier molecular flexibility index (Phi) is 12.5. The van der Waals surface area contributed by atoms with Crippen molar-refractivity contribution in [2.24, 2.45) is 11.7 Å². The lowest BCUT2D eigenvalue weighted by Crippen LogP contribution is -2.23. The summed E-state index contributed by atoms with van der Waals surface area (Å²) in [5.74, 6) is 0.0768. The van der Waals surface area contributed by atoms with Crippen LogP contribution in [-0.2, 0) is 4.79 Å². The van der Waals surface area contributed by atoms with Crippen LogP contribution in [-0.4, -0.2) is 5.91 Å². The highest BCUT2D eigenvalue weighted by Crippen LogP contribution is 2.20. The predicted molar refractivity (Wildman–Crippen MR) is 95.8 cm³/mol. The van der Waals surface area contributed by atoms with E-state index in [1.165, 1.54) is 103 Å². The third kappa shape index (κ3) is 11.1. The number of hydrogen-bond donors (Lipinski definition) is 1. The Morgan fingerprint density at radius 2 is 0.727 bits per heavy atom. The van der Waals surface area contributed by atoms with Crippen molar-refractivity contribution >= 4 is 5.91 Å². The molecule has 1 fully saturated rings. The van der Waals surface area contributed by atoms with Crippen LogP contribution in [0.15, 0.2) is 0 Å². The van der Waals surface area contributed by atoms with Crippen LogP contribution < -0.4 is 5.73 Å². The van der Waals surface area contributed by atoms with Crippen LogP contribution >= 0.6 is 0 Å². The maximum absolute atomic E-state index is 11.5. The van der Waals surface area contributed by atoms with Crippen molar-refractivity contribution in [2.75, 3.05) is 0 Å². The molecule has 1 rings (SSSR count). The molecule has 0 atom stereocenters. The van der Waals surface area contributed by atoms with Gasteiger partial charge in [-0.25, -0.2) is 0 Å². The largest absolute Gasteiger partial charge is 0.369 e. The van der Waals surface area contributed by atoms with Crippen molar-refractivity contribution in [1.29, 1.82) is 0 Å². The number of hydrogen-bond acceptors (Lipinski definition) is 1. The Morgan fingerprint density at radius 3 is 0.955 bits per heavy atom. The van der Waals surface area contributed by atoms with Crippen molar-refractivity contribution in [1.82, 2.24) is 0 Å². The van der Waals surface area contributed by atoms with Crippen LogP contribution in [0.25, 0.3) is 0 Å².